The lowest BCUT2D eigenvalue weighted by molar-refractivity contribution is -0.137. The Hall–Kier alpha value is -3.85. The molecule has 2 aromatic carbocycles. The maximum Gasteiger partial charge on any atom is 0.418 e. The van der Waals surface area contributed by atoms with Crippen LogP contribution in [0.25, 0.3) is 5.69 Å². The number of rotatable bonds is 5. The fraction of sp³-hybridized carbons (Fsp3) is 0.214. The van der Waals surface area contributed by atoms with Crippen LogP contribution in [0.4, 0.5) is 18.9 Å². The van der Waals surface area contributed by atoms with Crippen molar-refractivity contribution >= 4 is 23.0 Å². The van der Waals surface area contributed by atoms with Gasteiger partial charge in [0.25, 0.3) is 0 Å². The molecule has 1 aliphatic rings. The lowest BCUT2D eigenvalue weighted by atomic mass is 9.96. The van der Waals surface area contributed by atoms with Crippen molar-refractivity contribution in [1.29, 1.82) is 0 Å². The Morgan fingerprint density at radius 1 is 0.973 bits per heavy atom. The molecular formula is C28H25F3N4OS. The maximum atomic E-state index is 13.9. The summed E-state index contributed by atoms with van der Waals surface area (Å²) in [6, 6.07) is 20.1. The molecule has 1 N–H and O–H groups in total. The summed E-state index contributed by atoms with van der Waals surface area (Å²) in [6.07, 6.45) is -2.77. The minimum absolute atomic E-state index is 0.0899. The van der Waals surface area contributed by atoms with E-state index in [-0.39, 0.29) is 17.8 Å². The molecule has 5 rings (SSSR count). The molecule has 0 aliphatic carbocycles. The van der Waals surface area contributed by atoms with Crippen LogP contribution < -0.4 is 15.0 Å². The van der Waals surface area contributed by atoms with E-state index in [1.165, 1.54) is 12.1 Å². The molecule has 0 spiro atoms. The van der Waals surface area contributed by atoms with Crippen LogP contribution in [0.15, 0.2) is 79.0 Å². The third kappa shape index (κ3) is 4.44. The van der Waals surface area contributed by atoms with Gasteiger partial charge in [-0.1, -0.05) is 24.3 Å². The third-order valence-corrected chi connectivity index (χ3v) is 6.98. The van der Waals surface area contributed by atoms with E-state index in [1.807, 2.05) is 67.3 Å². The smallest absolute Gasteiger partial charge is 0.418 e. The molecule has 9 heteroatoms. The van der Waals surface area contributed by atoms with Gasteiger partial charge in [-0.15, -0.1) is 0 Å². The molecule has 2 aromatic heterocycles. The lowest BCUT2D eigenvalue weighted by Crippen LogP contribution is -2.29. The quantitative estimate of drug-likeness (QED) is 0.296. The number of methoxy groups -OCH3 is 1. The van der Waals surface area contributed by atoms with Gasteiger partial charge in [-0.05, 0) is 74.1 Å². The van der Waals surface area contributed by atoms with Crippen molar-refractivity contribution in [2.45, 2.75) is 32.1 Å². The number of ether oxygens (including phenoxy) is 1. The number of aryl methyl sites for hydroxylation is 1. The molecule has 1 fully saturated rings. The van der Waals surface area contributed by atoms with Crippen LogP contribution in [-0.4, -0.2) is 21.8 Å². The van der Waals surface area contributed by atoms with Crippen molar-refractivity contribution in [2.24, 2.45) is 0 Å². The Balaban J connectivity index is 1.71. The Kier molecular flexibility index (Phi) is 6.41. The highest BCUT2D eigenvalue weighted by atomic mass is 32.1. The molecule has 2 atom stereocenters. The maximum absolute atomic E-state index is 13.9. The molecule has 3 heterocycles. The molecule has 0 radical (unpaired) electrons. The van der Waals surface area contributed by atoms with Crippen LogP contribution in [0.1, 0.15) is 40.3 Å². The van der Waals surface area contributed by atoms with Gasteiger partial charge in [-0.3, -0.25) is 4.98 Å². The number of hydrogen-bond donors (Lipinski definition) is 1. The second-order valence-electron chi connectivity index (χ2n) is 8.87. The van der Waals surface area contributed by atoms with Gasteiger partial charge < -0.3 is 19.5 Å². The van der Waals surface area contributed by atoms with Crippen molar-refractivity contribution < 1.29 is 17.9 Å². The minimum Gasteiger partial charge on any atom is -0.497 e. The average Bonchev–Trinajstić information content (AvgIpc) is 3.38. The first-order chi connectivity index (χ1) is 17.7. The summed E-state index contributed by atoms with van der Waals surface area (Å²) in [7, 11) is 1.60. The van der Waals surface area contributed by atoms with Crippen LogP contribution in [0.2, 0.25) is 0 Å². The van der Waals surface area contributed by atoms with Gasteiger partial charge >= 0.3 is 6.18 Å². The molecule has 37 heavy (non-hydrogen) atoms. The van der Waals surface area contributed by atoms with Gasteiger partial charge in [-0.25, -0.2) is 0 Å². The highest BCUT2D eigenvalue weighted by Gasteiger charge is 2.43. The van der Waals surface area contributed by atoms with Crippen LogP contribution in [0.5, 0.6) is 5.75 Å². The number of hydrogen-bond acceptors (Lipinski definition) is 3. The number of alkyl halides is 3. The Morgan fingerprint density at radius 2 is 1.73 bits per heavy atom. The first-order valence-electron chi connectivity index (χ1n) is 11.7. The molecule has 0 bridgehead atoms. The van der Waals surface area contributed by atoms with Gasteiger partial charge in [0, 0.05) is 29.3 Å². The van der Waals surface area contributed by atoms with E-state index in [0.29, 0.717) is 22.2 Å². The summed E-state index contributed by atoms with van der Waals surface area (Å²) >= 11 is 5.79. The lowest BCUT2D eigenvalue weighted by Gasteiger charge is -2.28. The van der Waals surface area contributed by atoms with E-state index in [1.54, 1.807) is 23.9 Å². The van der Waals surface area contributed by atoms with Gasteiger partial charge in [0.2, 0.25) is 0 Å². The number of para-hydroxylation sites is 1. The first-order valence-corrected chi connectivity index (χ1v) is 12.1. The molecule has 5 nitrogen and oxygen atoms in total. The van der Waals surface area contributed by atoms with E-state index in [2.05, 4.69) is 10.3 Å². The SMILES string of the molecule is COc1cccc(N2C(=S)N[C@H](c3ccccn3)[C@H]2c2cc(C)n(-c3ccccc3C(F)(F)F)c2C)c1. The molecule has 1 aliphatic heterocycles. The van der Waals surface area contributed by atoms with Crippen LogP contribution in [0, 0.1) is 13.8 Å². The highest BCUT2D eigenvalue weighted by Crippen LogP contribution is 2.45. The summed E-state index contributed by atoms with van der Waals surface area (Å²) in [5, 5.41) is 3.90. The van der Waals surface area contributed by atoms with Crippen molar-refractivity contribution in [3.63, 3.8) is 0 Å². The van der Waals surface area contributed by atoms with Crippen molar-refractivity contribution in [1.82, 2.24) is 14.9 Å². The number of benzene rings is 2. The van der Waals surface area contributed by atoms with E-state index in [4.69, 9.17) is 17.0 Å². The zero-order valence-corrected chi connectivity index (χ0v) is 21.3. The predicted molar refractivity (Wildman–Crippen MR) is 141 cm³/mol. The van der Waals surface area contributed by atoms with E-state index in [0.717, 1.165) is 23.0 Å². The van der Waals surface area contributed by atoms with Crippen molar-refractivity contribution in [2.75, 3.05) is 12.0 Å². The molecule has 1 saturated heterocycles. The third-order valence-electron chi connectivity index (χ3n) is 6.67. The summed E-state index contributed by atoms with van der Waals surface area (Å²) in [6.45, 7) is 3.66. The number of nitrogens with one attached hydrogen (secondary N) is 1. The number of thiocarbonyl (C=S) groups is 1. The second-order valence-corrected chi connectivity index (χ2v) is 9.26. The van der Waals surface area contributed by atoms with E-state index < -0.39 is 11.7 Å². The summed E-state index contributed by atoms with van der Waals surface area (Å²) in [5.74, 6) is 0.671. The fourth-order valence-corrected chi connectivity index (χ4v) is 5.42. The van der Waals surface area contributed by atoms with Crippen LogP contribution in [-0.2, 0) is 6.18 Å². The Labute approximate surface area is 218 Å². The predicted octanol–water partition coefficient (Wildman–Crippen LogP) is 6.69. The first kappa shape index (κ1) is 24.8. The highest BCUT2D eigenvalue weighted by molar-refractivity contribution is 7.80. The molecule has 0 saturated carbocycles. The fourth-order valence-electron chi connectivity index (χ4n) is 5.08. The summed E-state index contributed by atoms with van der Waals surface area (Å²) < 4.78 is 48.9. The number of aromatic nitrogens is 2. The zero-order valence-electron chi connectivity index (χ0n) is 20.5. The Bertz CT molecular complexity index is 1450. The van der Waals surface area contributed by atoms with Crippen molar-refractivity contribution in [3.05, 3.63) is 107 Å². The van der Waals surface area contributed by atoms with Gasteiger partial charge in [0.1, 0.15) is 5.75 Å². The van der Waals surface area contributed by atoms with Gasteiger partial charge in [0.05, 0.1) is 36.1 Å². The monoisotopic (exact) mass is 522 g/mol. The Morgan fingerprint density at radius 3 is 2.43 bits per heavy atom. The van der Waals surface area contributed by atoms with Gasteiger partial charge in [-0.2, -0.15) is 13.2 Å². The molecular weight excluding hydrogens is 497 g/mol. The van der Waals surface area contributed by atoms with Crippen molar-refractivity contribution in [3.8, 4) is 11.4 Å². The van der Waals surface area contributed by atoms with E-state index >= 15 is 0 Å². The molecule has 4 aromatic rings. The molecule has 0 amide bonds. The molecule has 0 unspecified atom stereocenters. The minimum atomic E-state index is -4.49. The normalized spacial score (nSPS) is 17.7. The van der Waals surface area contributed by atoms with Crippen LogP contribution >= 0.6 is 12.2 Å². The van der Waals surface area contributed by atoms with Gasteiger partial charge in [0.15, 0.2) is 5.11 Å². The second kappa shape index (κ2) is 9.55. The average molecular weight is 523 g/mol. The standard InChI is InChI=1S/C28H25F3N4OS/c1-17-15-21(18(2)34(17)24-13-5-4-11-22(24)28(29,30)31)26-25(23-12-6-7-14-32-23)33-27(37)35(26)19-9-8-10-20(16-19)36-3/h4-16,25-26H,1-3H3,(H,33,37)/t25-,26-/m1/s1. The number of nitrogens with zero attached hydrogens (tertiary/aromatic N) is 3. The number of halogens is 3. The summed E-state index contributed by atoms with van der Waals surface area (Å²) in [4.78, 5) is 6.55. The number of pyridine rings is 1. The topological polar surface area (TPSA) is 42.3 Å². The molecule has 190 valence electrons. The summed E-state index contributed by atoms with van der Waals surface area (Å²) in [5.41, 5.74) is 3.22. The van der Waals surface area contributed by atoms with Crippen LogP contribution in [0.3, 0.4) is 0 Å². The largest absolute Gasteiger partial charge is 0.497 e. The zero-order chi connectivity index (χ0) is 26.3. The van der Waals surface area contributed by atoms with E-state index in [9.17, 15) is 13.2 Å². The number of anilines is 1.